The Morgan fingerprint density at radius 1 is 1.50 bits per heavy atom. The van der Waals surface area contributed by atoms with E-state index in [0.29, 0.717) is 18.8 Å². The molecule has 0 radical (unpaired) electrons. The van der Waals surface area contributed by atoms with Gasteiger partial charge in [0.1, 0.15) is 0 Å². The number of aryl methyl sites for hydroxylation is 1. The summed E-state index contributed by atoms with van der Waals surface area (Å²) in [5.41, 5.74) is 0.893. The van der Waals surface area contributed by atoms with E-state index >= 15 is 0 Å². The van der Waals surface area contributed by atoms with Gasteiger partial charge in [0.25, 0.3) is 5.91 Å². The van der Waals surface area contributed by atoms with Crippen molar-refractivity contribution in [1.82, 2.24) is 4.90 Å². The number of hydrogen-bond acceptors (Lipinski definition) is 3. The molecule has 1 aliphatic rings. The number of nitrogens with zero attached hydrogens (tertiary/aromatic N) is 1. The molecule has 2 rings (SSSR count). The number of aliphatic hydroxyl groups is 1. The van der Waals surface area contributed by atoms with Crippen molar-refractivity contribution >= 4 is 5.91 Å². The maximum Gasteiger partial charge on any atom is 0.289 e. The summed E-state index contributed by atoms with van der Waals surface area (Å²) in [5, 5.41) is 9.47. The van der Waals surface area contributed by atoms with E-state index in [4.69, 9.17) is 4.42 Å². The smallest absolute Gasteiger partial charge is 0.289 e. The van der Waals surface area contributed by atoms with Crippen molar-refractivity contribution in [1.29, 1.82) is 0 Å². The van der Waals surface area contributed by atoms with E-state index in [1.54, 1.807) is 12.3 Å². The number of rotatable bonds is 3. The van der Waals surface area contributed by atoms with Crippen molar-refractivity contribution in [2.24, 2.45) is 5.41 Å². The third kappa shape index (κ3) is 2.29. The summed E-state index contributed by atoms with van der Waals surface area (Å²) in [7, 11) is 0. The summed E-state index contributed by atoms with van der Waals surface area (Å²) in [6.07, 6.45) is 4.25. The van der Waals surface area contributed by atoms with Gasteiger partial charge in [0.05, 0.1) is 6.26 Å². The lowest BCUT2D eigenvalue weighted by molar-refractivity contribution is 0.0319. The third-order valence-electron chi connectivity index (χ3n) is 4.25. The van der Waals surface area contributed by atoms with Crippen molar-refractivity contribution in [3.8, 4) is 0 Å². The second-order valence-electron chi connectivity index (χ2n) is 5.24. The molecule has 2 heterocycles. The first-order chi connectivity index (χ1) is 8.62. The fourth-order valence-electron chi connectivity index (χ4n) is 2.54. The number of amides is 1. The Kier molecular flexibility index (Phi) is 3.76. The number of furan rings is 1. The van der Waals surface area contributed by atoms with Gasteiger partial charge in [-0.15, -0.1) is 0 Å². The summed E-state index contributed by atoms with van der Waals surface area (Å²) in [6, 6.07) is 1.81. The van der Waals surface area contributed by atoms with Gasteiger partial charge in [0, 0.05) is 25.3 Å². The molecular formula is C14H21NO3. The summed E-state index contributed by atoms with van der Waals surface area (Å²) >= 11 is 0. The molecule has 0 aromatic carbocycles. The minimum Gasteiger partial charge on any atom is -0.459 e. The van der Waals surface area contributed by atoms with Gasteiger partial charge >= 0.3 is 0 Å². The maximum absolute atomic E-state index is 12.2. The van der Waals surface area contributed by atoms with E-state index < -0.39 is 0 Å². The molecule has 18 heavy (non-hydrogen) atoms. The van der Waals surface area contributed by atoms with Crippen LogP contribution in [0.15, 0.2) is 16.7 Å². The highest BCUT2D eigenvalue weighted by atomic mass is 16.3. The first-order valence-corrected chi connectivity index (χ1v) is 6.56. The zero-order valence-electron chi connectivity index (χ0n) is 11.1. The maximum atomic E-state index is 12.2. The van der Waals surface area contributed by atoms with Gasteiger partial charge in [-0.25, -0.2) is 0 Å². The Morgan fingerprint density at radius 3 is 2.61 bits per heavy atom. The molecule has 0 aliphatic carbocycles. The fourth-order valence-corrected chi connectivity index (χ4v) is 2.54. The van der Waals surface area contributed by atoms with Crippen LogP contribution >= 0.6 is 0 Å². The number of likely N-dealkylation sites (tertiary alicyclic amines) is 1. The van der Waals surface area contributed by atoms with Gasteiger partial charge < -0.3 is 14.4 Å². The van der Waals surface area contributed by atoms with E-state index in [0.717, 1.165) is 24.8 Å². The first-order valence-electron chi connectivity index (χ1n) is 6.56. The molecular weight excluding hydrogens is 230 g/mol. The van der Waals surface area contributed by atoms with Crippen LogP contribution in [0.2, 0.25) is 0 Å². The van der Waals surface area contributed by atoms with Gasteiger partial charge in [-0.05, 0) is 37.7 Å². The molecule has 1 saturated heterocycles. The average Bonchev–Trinajstić information content (AvgIpc) is 2.84. The summed E-state index contributed by atoms with van der Waals surface area (Å²) in [6.45, 7) is 5.60. The minimum absolute atomic E-state index is 0.00892. The molecule has 4 nitrogen and oxygen atoms in total. The quantitative estimate of drug-likeness (QED) is 0.896. The number of carbonyl (C=O) groups excluding carboxylic acids is 1. The van der Waals surface area contributed by atoms with Crippen molar-refractivity contribution < 1.29 is 14.3 Å². The number of hydrogen-bond donors (Lipinski definition) is 1. The Hall–Kier alpha value is -1.29. The van der Waals surface area contributed by atoms with Gasteiger partial charge in [0.15, 0.2) is 5.76 Å². The third-order valence-corrected chi connectivity index (χ3v) is 4.25. The molecule has 1 aromatic heterocycles. The van der Waals surface area contributed by atoms with Gasteiger partial charge in [-0.1, -0.05) is 6.92 Å². The predicted octanol–water partition coefficient (Wildman–Crippen LogP) is 2.21. The zero-order valence-corrected chi connectivity index (χ0v) is 11.1. The van der Waals surface area contributed by atoms with Gasteiger partial charge in [0.2, 0.25) is 0 Å². The molecule has 0 saturated carbocycles. The molecule has 1 aliphatic heterocycles. The second kappa shape index (κ2) is 5.14. The SMILES string of the molecule is CCC1(CO)CCN(C(=O)c2occc2C)CC1. The van der Waals surface area contributed by atoms with Crippen LogP contribution in [0.25, 0.3) is 0 Å². The summed E-state index contributed by atoms with van der Waals surface area (Å²) < 4.78 is 5.24. The number of carbonyl (C=O) groups is 1. The highest BCUT2D eigenvalue weighted by molar-refractivity contribution is 5.92. The Balaban J connectivity index is 2.02. The molecule has 0 atom stereocenters. The fraction of sp³-hybridized carbons (Fsp3) is 0.643. The Morgan fingerprint density at radius 2 is 2.17 bits per heavy atom. The van der Waals surface area contributed by atoms with Crippen LogP contribution in [0.3, 0.4) is 0 Å². The lowest BCUT2D eigenvalue weighted by Crippen LogP contribution is -2.44. The van der Waals surface area contributed by atoms with Crippen LogP contribution in [-0.4, -0.2) is 35.6 Å². The summed E-state index contributed by atoms with van der Waals surface area (Å²) in [4.78, 5) is 14.1. The molecule has 0 spiro atoms. The molecule has 1 aromatic rings. The molecule has 0 bridgehead atoms. The predicted molar refractivity (Wildman–Crippen MR) is 68.4 cm³/mol. The van der Waals surface area contributed by atoms with Crippen LogP contribution < -0.4 is 0 Å². The Bertz CT molecular complexity index is 410. The standard InChI is InChI=1S/C14H21NO3/c1-3-14(10-16)5-7-15(8-6-14)13(17)12-11(2)4-9-18-12/h4,9,16H,3,5-8,10H2,1-2H3. The normalized spacial score (nSPS) is 18.9. The molecule has 0 unspecified atom stereocenters. The monoisotopic (exact) mass is 251 g/mol. The van der Waals surface area contributed by atoms with E-state index in [9.17, 15) is 9.90 Å². The van der Waals surface area contributed by atoms with Gasteiger partial charge in [-0.3, -0.25) is 4.79 Å². The van der Waals surface area contributed by atoms with Gasteiger partial charge in [-0.2, -0.15) is 0 Å². The van der Waals surface area contributed by atoms with Crippen molar-refractivity contribution in [3.05, 3.63) is 23.7 Å². The van der Waals surface area contributed by atoms with E-state index in [1.807, 2.05) is 11.8 Å². The zero-order chi connectivity index (χ0) is 13.2. The van der Waals surface area contributed by atoms with E-state index in [1.165, 1.54) is 0 Å². The second-order valence-corrected chi connectivity index (χ2v) is 5.24. The number of aliphatic hydroxyl groups excluding tert-OH is 1. The molecule has 100 valence electrons. The average molecular weight is 251 g/mol. The van der Waals surface area contributed by atoms with E-state index in [2.05, 4.69) is 6.92 Å². The lowest BCUT2D eigenvalue weighted by Gasteiger charge is -2.40. The molecule has 1 N–H and O–H groups in total. The van der Waals surface area contributed by atoms with Crippen LogP contribution in [-0.2, 0) is 0 Å². The first kappa shape index (κ1) is 13.1. The van der Waals surface area contributed by atoms with Crippen molar-refractivity contribution in [3.63, 3.8) is 0 Å². The minimum atomic E-state index is -0.0276. The van der Waals surface area contributed by atoms with E-state index in [-0.39, 0.29) is 17.9 Å². The largest absolute Gasteiger partial charge is 0.459 e. The lowest BCUT2D eigenvalue weighted by atomic mass is 9.77. The molecule has 1 fully saturated rings. The van der Waals surface area contributed by atoms with Crippen molar-refractivity contribution in [2.75, 3.05) is 19.7 Å². The highest BCUT2D eigenvalue weighted by Gasteiger charge is 2.34. The van der Waals surface area contributed by atoms with Crippen LogP contribution in [0.4, 0.5) is 0 Å². The molecule has 1 amide bonds. The van der Waals surface area contributed by atoms with Crippen molar-refractivity contribution in [2.45, 2.75) is 33.1 Å². The topological polar surface area (TPSA) is 53.7 Å². The van der Waals surface area contributed by atoms with Crippen LogP contribution in [0.1, 0.15) is 42.3 Å². The molecule has 4 heteroatoms. The Labute approximate surface area is 108 Å². The number of piperidine rings is 1. The van der Waals surface area contributed by atoms with Crippen LogP contribution in [0, 0.1) is 12.3 Å². The summed E-state index contributed by atoms with van der Waals surface area (Å²) in [5.74, 6) is 0.420. The highest BCUT2D eigenvalue weighted by Crippen LogP contribution is 2.34. The van der Waals surface area contributed by atoms with Crippen LogP contribution in [0.5, 0.6) is 0 Å².